The van der Waals surface area contributed by atoms with Gasteiger partial charge in [-0.05, 0) is 29.8 Å². The van der Waals surface area contributed by atoms with Crippen molar-refractivity contribution in [1.29, 1.82) is 0 Å². The molecule has 0 saturated heterocycles. The normalized spacial score (nSPS) is 10.8. The van der Waals surface area contributed by atoms with Gasteiger partial charge in [0.05, 0.1) is 6.61 Å². The molecule has 0 spiro atoms. The van der Waals surface area contributed by atoms with E-state index in [1.165, 1.54) is 10.8 Å². The van der Waals surface area contributed by atoms with E-state index < -0.39 is 0 Å². The molecule has 4 nitrogen and oxygen atoms in total. The van der Waals surface area contributed by atoms with Gasteiger partial charge in [-0.1, -0.05) is 48.2 Å². The van der Waals surface area contributed by atoms with Crippen LogP contribution < -0.4 is 4.74 Å². The Kier molecular flexibility index (Phi) is 4.98. The highest BCUT2D eigenvalue weighted by molar-refractivity contribution is 7.99. The van der Waals surface area contributed by atoms with E-state index in [9.17, 15) is 0 Å². The summed E-state index contributed by atoms with van der Waals surface area (Å²) in [4.78, 5) is 0. The van der Waals surface area contributed by atoms with E-state index in [0.717, 1.165) is 29.0 Å². The molecule has 118 valence electrons. The Balaban J connectivity index is 1.55. The molecule has 0 bridgehead atoms. The molecule has 0 radical (unpaired) electrons. The number of aromatic nitrogens is 3. The van der Waals surface area contributed by atoms with Crippen LogP contribution in [0.15, 0.2) is 60.3 Å². The van der Waals surface area contributed by atoms with E-state index in [-0.39, 0.29) is 0 Å². The minimum absolute atomic E-state index is 0.628. The summed E-state index contributed by atoms with van der Waals surface area (Å²) >= 11 is 1.65. The molecule has 0 saturated carbocycles. The number of nitrogens with zero attached hydrogens (tertiary/aromatic N) is 3. The topological polar surface area (TPSA) is 39.9 Å². The predicted molar refractivity (Wildman–Crippen MR) is 95.1 cm³/mol. The van der Waals surface area contributed by atoms with Crippen LogP contribution in [-0.2, 0) is 6.54 Å². The second kappa shape index (κ2) is 7.33. The summed E-state index contributed by atoms with van der Waals surface area (Å²) in [7, 11) is 0. The molecule has 0 N–H and O–H groups in total. The zero-order valence-electron chi connectivity index (χ0n) is 13.1. The summed E-state index contributed by atoms with van der Waals surface area (Å²) < 4.78 is 7.89. The van der Waals surface area contributed by atoms with E-state index in [0.29, 0.717) is 6.61 Å². The molecule has 1 aromatic heterocycles. The number of ether oxygens (including phenoxy) is 1. The number of allylic oxidation sites excluding steroid dienone is 1. The maximum atomic E-state index is 5.84. The summed E-state index contributed by atoms with van der Waals surface area (Å²) in [5, 5.41) is 11.6. The monoisotopic (exact) mass is 325 g/mol. The summed E-state index contributed by atoms with van der Waals surface area (Å²) in [6.07, 6.45) is 1.85. The highest BCUT2D eigenvalue weighted by Crippen LogP contribution is 2.21. The van der Waals surface area contributed by atoms with Crippen LogP contribution in [0.1, 0.15) is 5.82 Å². The largest absolute Gasteiger partial charge is 0.493 e. The molecule has 3 rings (SSSR count). The molecule has 3 aromatic rings. The minimum atomic E-state index is 0.628. The van der Waals surface area contributed by atoms with Gasteiger partial charge in [-0.25, -0.2) is 0 Å². The van der Waals surface area contributed by atoms with Crippen LogP contribution in [0.3, 0.4) is 0 Å². The first-order valence-corrected chi connectivity index (χ1v) is 8.51. The smallest absolute Gasteiger partial charge is 0.191 e. The summed E-state index contributed by atoms with van der Waals surface area (Å²) in [6.45, 7) is 7.08. The van der Waals surface area contributed by atoms with Crippen molar-refractivity contribution in [2.24, 2.45) is 0 Å². The van der Waals surface area contributed by atoms with Gasteiger partial charge in [0, 0.05) is 12.3 Å². The molecule has 0 unspecified atom stereocenters. The summed E-state index contributed by atoms with van der Waals surface area (Å²) in [6, 6.07) is 14.4. The lowest BCUT2D eigenvalue weighted by Gasteiger charge is -2.08. The highest BCUT2D eigenvalue weighted by Gasteiger charge is 2.07. The lowest BCUT2D eigenvalue weighted by molar-refractivity contribution is 0.344. The molecule has 0 amide bonds. The number of hydrogen-bond acceptors (Lipinski definition) is 4. The molecule has 23 heavy (non-hydrogen) atoms. The Bertz CT molecular complexity index is 813. The van der Waals surface area contributed by atoms with Gasteiger partial charge in [0.2, 0.25) is 0 Å². The van der Waals surface area contributed by atoms with Gasteiger partial charge < -0.3 is 9.30 Å². The van der Waals surface area contributed by atoms with E-state index in [1.54, 1.807) is 11.8 Å². The Hall–Kier alpha value is -2.27. The minimum Gasteiger partial charge on any atom is -0.493 e. The Morgan fingerprint density at radius 1 is 1.17 bits per heavy atom. The first-order valence-electron chi connectivity index (χ1n) is 7.53. The molecule has 1 heterocycles. The lowest BCUT2D eigenvalue weighted by Crippen LogP contribution is -2.04. The van der Waals surface area contributed by atoms with Crippen LogP contribution in [0.25, 0.3) is 10.8 Å². The fourth-order valence-corrected chi connectivity index (χ4v) is 3.17. The zero-order valence-corrected chi connectivity index (χ0v) is 13.9. The predicted octanol–water partition coefficient (Wildman–Crippen LogP) is 4.10. The van der Waals surface area contributed by atoms with Gasteiger partial charge in [-0.3, -0.25) is 0 Å². The van der Waals surface area contributed by atoms with Crippen molar-refractivity contribution < 1.29 is 4.74 Å². The Morgan fingerprint density at radius 3 is 2.83 bits per heavy atom. The fourth-order valence-electron chi connectivity index (χ4n) is 2.36. The summed E-state index contributed by atoms with van der Waals surface area (Å²) in [5.74, 6) is 2.62. The number of hydrogen-bond donors (Lipinski definition) is 0. The van der Waals surface area contributed by atoms with Crippen molar-refractivity contribution in [3.63, 3.8) is 0 Å². The maximum Gasteiger partial charge on any atom is 0.191 e. The van der Waals surface area contributed by atoms with Crippen LogP contribution in [0, 0.1) is 6.92 Å². The fraction of sp³-hybridized carbons (Fsp3) is 0.222. The second-order valence-electron chi connectivity index (χ2n) is 5.13. The molecule has 0 aliphatic rings. The zero-order chi connectivity index (χ0) is 16.1. The van der Waals surface area contributed by atoms with Gasteiger partial charge in [0.25, 0.3) is 0 Å². The highest BCUT2D eigenvalue weighted by atomic mass is 32.2. The maximum absolute atomic E-state index is 5.84. The second-order valence-corrected chi connectivity index (χ2v) is 6.20. The van der Waals surface area contributed by atoms with Crippen LogP contribution in [-0.4, -0.2) is 27.1 Å². The molecule has 2 aromatic carbocycles. The molecule has 0 fully saturated rings. The van der Waals surface area contributed by atoms with E-state index in [2.05, 4.69) is 41.0 Å². The van der Waals surface area contributed by atoms with E-state index >= 15 is 0 Å². The SMILES string of the molecule is C=CCn1c(C)nnc1SCCOc1ccc2ccccc2c1. The molecule has 5 heteroatoms. The standard InChI is InChI=1S/C18H19N3OS/c1-3-10-21-14(2)19-20-18(21)23-12-11-22-17-9-8-15-6-4-5-7-16(15)13-17/h3-9,13H,1,10-12H2,2H3. The van der Waals surface area contributed by atoms with Crippen molar-refractivity contribution in [3.05, 3.63) is 60.9 Å². The van der Waals surface area contributed by atoms with Gasteiger partial charge in [-0.15, -0.1) is 16.8 Å². The van der Waals surface area contributed by atoms with Gasteiger partial charge in [0.1, 0.15) is 11.6 Å². The quantitative estimate of drug-likeness (QED) is 0.372. The molecule has 0 aliphatic carbocycles. The van der Waals surface area contributed by atoms with Crippen molar-refractivity contribution in [1.82, 2.24) is 14.8 Å². The number of aryl methyl sites for hydroxylation is 1. The number of benzene rings is 2. The van der Waals surface area contributed by atoms with Crippen molar-refractivity contribution in [2.75, 3.05) is 12.4 Å². The average molecular weight is 325 g/mol. The number of thioether (sulfide) groups is 1. The van der Waals surface area contributed by atoms with Crippen LogP contribution >= 0.6 is 11.8 Å². The van der Waals surface area contributed by atoms with Crippen LogP contribution in [0.2, 0.25) is 0 Å². The Morgan fingerprint density at radius 2 is 2.00 bits per heavy atom. The van der Waals surface area contributed by atoms with E-state index in [4.69, 9.17) is 4.74 Å². The van der Waals surface area contributed by atoms with Crippen molar-refractivity contribution in [3.8, 4) is 5.75 Å². The summed E-state index contributed by atoms with van der Waals surface area (Å²) in [5.41, 5.74) is 0. The van der Waals surface area contributed by atoms with Gasteiger partial charge in [-0.2, -0.15) is 0 Å². The third-order valence-corrected chi connectivity index (χ3v) is 4.45. The van der Waals surface area contributed by atoms with Crippen LogP contribution in [0.4, 0.5) is 0 Å². The van der Waals surface area contributed by atoms with Gasteiger partial charge in [0.15, 0.2) is 5.16 Å². The van der Waals surface area contributed by atoms with E-state index in [1.807, 2.05) is 35.8 Å². The van der Waals surface area contributed by atoms with Crippen molar-refractivity contribution >= 4 is 22.5 Å². The first kappa shape index (κ1) is 15.6. The number of rotatable bonds is 7. The molecule has 0 aliphatic heterocycles. The molecular weight excluding hydrogens is 306 g/mol. The van der Waals surface area contributed by atoms with Crippen LogP contribution in [0.5, 0.6) is 5.75 Å². The molecular formula is C18H19N3OS. The Labute approximate surface area is 140 Å². The average Bonchev–Trinajstić information content (AvgIpc) is 2.92. The lowest BCUT2D eigenvalue weighted by atomic mass is 10.1. The third kappa shape index (κ3) is 3.74. The third-order valence-electron chi connectivity index (χ3n) is 3.52. The number of fused-ring (bicyclic) bond motifs is 1. The first-order chi connectivity index (χ1) is 11.3. The van der Waals surface area contributed by atoms with Gasteiger partial charge >= 0.3 is 0 Å². The van der Waals surface area contributed by atoms with Crippen molar-refractivity contribution in [2.45, 2.75) is 18.6 Å². The molecule has 0 atom stereocenters.